The number of hydrogen-bond donors (Lipinski definition) is 3. The molecule has 0 aromatic heterocycles. The molecule has 214 valence electrons. The second-order valence-corrected chi connectivity index (χ2v) is 10.7. The van der Waals surface area contributed by atoms with Gasteiger partial charge in [0.2, 0.25) is 11.8 Å². The minimum absolute atomic E-state index is 0.138. The van der Waals surface area contributed by atoms with Crippen LogP contribution in [0.15, 0.2) is 54.6 Å². The van der Waals surface area contributed by atoms with Crippen molar-refractivity contribution in [3.63, 3.8) is 0 Å². The van der Waals surface area contributed by atoms with Crippen molar-refractivity contribution in [2.24, 2.45) is 11.7 Å². The Balaban J connectivity index is 1.57. The quantitative estimate of drug-likeness (QED) is 0.319. The zero-order valence-corrected chi connectivity index (χ0v) is 23.1. The number of ketones is 1. The first-order chi connectivity index (χ1) is 19.1. The molecule has 0 aliphatic carbocycles. The van der Waals surface area contributed by atoms with Crippen LogP contribution >= 0.6 is 0 Å². The van der Waals surface area contributed by atoms with Gasteiger partial charge in [-0.15, -0.1) is 0 Å². The highest BCUT2D eigenvalue weighted by Crippen LogP contribution is 2.33. The van der Waals surface area contributed by atoms with E-state index in [9.17, 15) is 19.2 Å². The first kappa shape index (κ1) is 29.2. The Labute approximate surface area is 233 Å². The van der Waals surface area contributed by atoms with E-state index < -0.39 is 46.9 Å². The van der Waals surface area contributed by atoms with Crippen molar-refractivity contribution in [1.29, 1.82) is 0 Å². The van der Waals surface area contributed by atoms with Gasteiger partial charge in [0.25, 0.3) is 5.91 Å². The summed E-state index contributed by atoms with van der Waals surface area (Å²) >= 11 is 0. The van der Waals surface area contributed by atoms with E-state index in [0.29, 0.717) is 25.2 Å². The largest absolute Gasteiger partial charge is 0.497 e. The lowest BCUT2D eigenvalue weighted by molar-refractivity contribution is -0.152. The van der Waals surface area contributed by atoms with Crippen LogP contribution in [0, 0.1) is 5.92 Å². The third-order valence-corrected chi connectivity index (χ3v) is 7.81. The number of nitrogens with one attached hydrogen (secondary N) is 2. The van der Waals surface area contributed by atoms with Crippen LogP contribution in [0.4, 0.5) is 0 Å². The highest BCUT2D eigenvalue weighted by atomic mass is 16.6. The molecule has 0 spiro atoms. The van der Waals surface area contributed by atoms with Gasteiger partial charge in [0.15, 0.2) is 11.4 Å². The Kier molecular flexibility index (Phi) is 8.90. The molecule has 1 unspecified atom stereocenters. The van der Waals surface area contributed by atoms with Crippen molar-refractivity contribution in [1.82, 2.24) is 10.6 Å². The maximum absolute atomic E-state index is 13.7. The highest BCUT2D eigenvalue weighted by Gasteiger charge is 2.51. The highest BCUT2D eigenvalue weighted by molar-refractivity contribution is 5.99. The van der Waals surface area contributed by atoms with Crippen molar-refractivity contribution in [3.05, 3.63) is 65.7 Å². The first-order valence-electron chi connectivity index (χ1n) is 13.5. The summed E-state index contributed by atoms with van der Waals surface area (Å²) in [5.74, 6) is -2.31. The van der Waals surface area contributed by atoms with Gasteiger partial charge < -0.3 is 30.6 Å². The van der Waals surface area contributed by atoms with Gasteiger partial charge in [0, 0.05) is 13.0 Å². The summed E-state index contributed by atoms with van der Waals surface area (Å²) in [6, 6.07) is 14.6. The maximum atomic E-state index is 13.7. The third kappa shape index (κ3) is 6.51. The summed E-state index contributed by atoms with van der Waals surface area (Å²) in [5.41, 5.74) is 4.89. The van der Waals surface area contributed by atoms with Crippen LogP contribution in [0.5, 0.6) is 5.75 Å². The maximum Gasteiger partial charge on any atom is 0.250 e. The van der Waals surface area contributed by atoms with Crippen molar-refractivity contribution in [2.45, 2.75) is 62.8 Å². The Morgan fingerprint density at radius 1 is 0.925 bits per heavy atom. The molecule has 2 aromatic carbocycles. The monoisotopic (exact) mass is 551 g/mol. The van der Waals surface area contributed by atoms with Gasteiger partial charge in [0.05, 0.1) is 25.7 Å². The van der Waals surface area contributed by atoms with Crippen LogP contribution in [0.1, 0.15) is 37.8 Å². The zero-order chi connectivity index (χ0) is 28.9. The molecular weight excluding hydrogens is 514 g/mol. The lowest BCUT2D eigenvalue weighted by atomic mass is 9.84. The van der Waals surface area contributed by atoms with Crippen molar-refractivity contribution in [3.8, 4) is 5.75 Å². The second-order valence-electron chi connectivity index (χ2n) is 10.7. The molecule has 2 aliphatic heterocycles. The van der Waals surface area contributed by atoms with E-state index in [0.717, 1.165) is 11.1 Å². The number of nitrogens with two attached hydrogens (primary N) is 1. The zero-order valence-electron chi connectivity index (χ0n) is 23.1. The first-order valence-corrected chi connectivity index (χ1v) is 13.5. The molecule has 10 nitrogen and oxygen atoms in total. The van der Waals surface area contributed by atoms with Crippen LogP contribution in [-0.2, 0) is 41.5 Å². The molecule has 5 atom stereocenters. The summed E-state index contributed by atoms with van der Waals surface area (Å²) < 4.78 is 16.3. The van der Waals surface area contributed by atoms with Crippen LogP contribution in [0.25, 0.3) is 0 Å². The molecule has 0 radical (unpaired) electrons. The fourth-order valence-electron chi connectivity index (χ4n) is 5.08. The number of ether oxygens (including phenoxy) is 3. The van der Waals surface area contributed by atoms with Crippen molar-refractivity contribution >= 4 is 23.5 Å². The Morgan fingerprint density at radius 2 is 1.52 bits per heavy atom. The molecule has 3 amide bonds. The number of methoxy groups -OCH3 is 1. The smallest absolute Gasteiger partial charge is 0.250 e. The van der Waals surface area contributed by atoms with Gasteiger partial charge in [-0.3, -0.25) is 19.2 Å². The summed E-state index contributed by atoms with van der Waals surface area (Å²) in [6.45, 7) is 3.87. The topological polar surface area (TPSA) is 149 Å². The van der Waals surface area contributed by atoms with Crippen LogP contribution in [0.3, 0.4) is 0 Å². The molecule has 2 saturated heterocycles. The average molecular weight is 552 g/mol. The second kappa shape index (κ2) is 12.2. The Hall–Kier alpha value is -3.76. The molecular formula is C30H37N3O7. The van der Waals surface area contributed by atoms with Crippen molar-refractivity contribution in [2.75, 3.05) is 20.3 Å². The molecule has 10 heteroatoms. The molecule has 4 N–H and O–H groups in total. The van der Waals surface area contributed by atoms with E-state index in [4.69, 9.17) is 19.9 Å². The van der Waals surface area contributed by atoms with E-state index in [-0.39, 0.29) is 25.2 Å². The number of epoxide rings is 1. The van der Waals surface area contributed by atoms with Gasteiger partial charge in [-0.25, -0.2) is 0 Å². The van der Waals surface area contributed by atoms with Crippen molar-refractivity contribution < 1.29 is 33.4 Å². The predicted molar refractivity (Wildman–Crippen MR) is 146 cm³/mol. The van der Waals surface area contributed by atoms with Crippen LogP contribution < -0.4 is 21.1 Å². The number of hydrogen-bond acceptors (Lipinski definition) is 7. The van der Waals surface area contributed by atoms with Gasteiger partial charge in [0.1, 0.15) is 17.4 Å². The third-order valence-electron chi connectivity index (χ3n) is 7.81. The van der Waals surface area contributed by atoms with Gasteiger partial charge in [-0.1, -0.05) is 49.4 Å². The van der Waals surface area contributed by atoms with E-state index >= 15 is 0 Å². The Bertz CT molecular complexity index is 1220. The predicted octanol–water partition coefficient (Wildman–Crippen LogP) is 1.48. The normalized spacial score (nSPS) is 23.9. The van der Waals surface area contributed by atoms with E-state index in [1.165, 1.54) is 0 Å². The lowest BCUT2D eigenvalue weighted by Crippen LogP contribution is -2.58. The minimum Gasteiger partial charge on any atom is -0.497 e. The standard InChI is InChI=1S/C30H37N3O7/c1-19(30(28(31)37)14-7-15-39-30)26(35)33-24(17-21-10-12-22(38-3)13-11-21)27(36)32-23(25(34)29(2)18-40-29)16-20-8-5-4-6-9-20/h4-6,8-13,19,23-24H,7,14-18H2,1-3H3,(H2,31,37)(H,32,36)(H,33,35)/t19-,23+,24+,29-,30?/m1/s1. The number of benzene rings is 2. The molecule has 2 aromatic rings. The number of carbonyl (C=O) groups excluding carboxylic acids is 4. The summed E-state index contributed by atoms with van der Waals surface area (Å²) in [7, 11) is 1.56. The molecule has 2 heterocycles. The number of carbonyl (C=O) groups is 4. The fourth-order valence-corrected chi connectivity index (χ4v) is 5.08. The van der Waals surface area contributed by atoms with Crippen LogP contribution in [-0.4, -0.2) is 67.1 Å². The number of rotatable bonds is 13. The Morgan fingerprint density at radius 3 is 2.08 bits per heavy atom. The average Bonchev–Trinajstić information content (AvgIpc) is 3.50. The molecule has 2 aliphatic rings. The van der Waals surface area contributed by atoms with E-state index in [2.05, 4.69) is 10.6 Å². The molecule has 2 fully saturated rings. The van der Waals surface area contributed by atoms with Gasteiger partial charge in [-0.05, 0) is 49.4 Å². The molecule has 0 saturated carbocycles. The number of primary amides is 1. The van der Waals surface area contributed by atoms with Crippen LogP contribution in [0.2, 0.25) is 0 Å². The van der Waals surface area contributed by atoms with E-state index in [1.807, 2.05) is 30.3 Å². The summed E-state index contributed by atoms with van der Waals surface area (Å²) in [4.78, 5) is 52.8. The van der Waals surface area contributed by atoms with Gasteiger partial charge >= 0.3 is 0 Å². The SMILES string of the molecule is COc1ccc(C[C@H](NC(=O)[C@@H](C)C2(C(N)=O)CCCO2)C(=O)N[C@@H](Cc2ccccc2)C(=O)[C@@]2(C)CO2)cc1. The fraction of sp³-hybridized carbons (Fsp3) is 0.467. The summed E-state index contributed by atoms with van der Waals surface area (Å²) in [6.07, 6.45) is 1.32. The number of amides is 3. The molecule has 4 rings (SSSR count). The summed E-state index contributed by atoms with van der Waals surface area (Å²) in [5, 5.41) is 5.67. The lowest BCUT2D eigenvalue weighted by Gasteiger charge is -2.32. The minimum atomic E-state index is -1.44. The van der Waals surface area contributed by atoms with Gasteiger partial charge in [-0.2, -0.15) is 0 Å². The molecule has 0 bridgehead atoms. The number of Topliss-reactive ketones (excluding diaryl/α,β-unsaturated/α-hetero) is 1. The molecule has 40 heavy (non-hydrogen) atoms. The van der Waals surface area contributed by atoms with E-state index in [1.54, 1.807) is 45.2 Å².